The van der Waals surface area contributed by atoms with E-state index in [1.165, 1.54) is 150 Å². The third-order valence-corrected chi connectivity index (χ3v) is 20.3. The van der Waals surface area contributed by atoms with E-state index in [1.54, 1.807) is 0 Å². The van der Waals surface area contributed by atoms with E-state index in [2.05, 4.69) is 10.6 Å². The SMILES string of the molecule is COC[C@H]1O[C@@H]2O[C@H]3[C@H](OC)[C@@H](OC)[C@@H](O[C@H]4[C@H](OC)[C@@H](OC)[C@@H](O[C@H]5[C@H](OC)[C@@H](OC)[C@@H](O[C@H]6[C@H](OC)[C@@H](OC)[C@@H](O[C@H]7[C@H](OC)[C@@H](OC)[C@@H](NC(=O)CCSSCCC(=O)N[C@H]1[C@H](OC)[C@H]2OC)O[C@@H]7COC)O[C@@H]6COC)O[C@@H]5COC)O[C@@H]4COC)O[C@@H]3COC. The van der Waals surface area contributed by atoms with Gasteiger partial charge in [-0.1, -0.05) is 21.6 Å². The van der Waals surface area contributed by atoms with Crippen molar-refractivity contribution >= 4 is 33.4 Å². The highest BCUT2D eigenvalue weighted by Crippen LogP contribution is 2.41. The van der Waals surface area contributed by atoms with Crippen LogP contribution in [0.25, 0.3) is 0 Å². The van der Waals surface area contributed by atoms with E-state index in [9.17, 15) is 9.59 Å². The van der Waals surface area contributed by atoms with Crippen LogP contribution >= 0.6 is 21.6 Å². The predicted octanol–water partition coefficient (Wildman–Crippen LogP) is -0.904. The lowest BCUT2D eigenvalue weighted by molar-refractivity contribution is -0.400. The average molecular weight is 1420 g/mol. The summed E-state index contributed by atoms with van der Waals surface area (Å²) in [6.07, 6.45) is -28.4. The third-order valence-electron chi connectivity index (χ3n) is 17.9. The van der Waals surface area contributed by atoms with E-state index in [4.69, 9.17) is 137 Å². The molecular formula is C60H106N2O31S2. The number of nitrogens with one attached hydrogen (secondary N) is 2. The molecule has 12 bridgehead atoms. The van der Waals surface area contributed by atoms with Crippen molar-refractivity contribution in [3.05, 3.63) is 0 Å². The van der Waals surface area contributed by atoms with Gasteiger partial charge in [0.1, 0.15) is 140 Å². The number of carbonyl (C=O) groups excluding carboxylic acids is 2. The van der Waals surface area contributed by atoms with Gasteiger partial charge >= 0.3 is 0 Å². The average Bonchev–Trinajstić information content (AvgIpc) is 0.773. The fourth-order valence-corrected chi connectivity index (χ4v) is 15.5. The number of methoxy groups -OCH3 is 18. The van der Waals surface area contributed by atoms with Gasteiger partial charge in [0.15, 0.2) is 37.7 Å². The maximum Gasteiger partial charge on any atom is 0.222 e. The van der Waals surface area contributed by atoms with Gasteiger partial charge in [-0.15, -0.1) is 0 Å². The van der Waals surface area contributed by atoms with Crippen LogP contribution in [0.3, 0.4) is 0 Å². The Morgan fingerprint density at radius 1 is 0.284 bits per heavy atom. The molecule has 18 aliphatic rings. The topological polar surface area (TPSA) is 326 Å². The standard InChI is InChI=1S/C60H106N2O31S2/c1-65-23-29-37-43(71-7)50(78-14)56(84-29)90-39-31(25-67-3)86-58(52(80-16)45(39)73-9)92-41-33(27-69-5)88-60(54(82-18)47(41)75-11)93-42-34(28-70-6)87-59(53(81-17)48(42)76-12)91-40-32(26-68-4)85-57(51(79-15)46(40)74-10)89-38-30(24-66-2)83-55(49(77-13)44(38)72-8)62-36(64)20-22-95-94-21-19-35(63)61-37/h29-34,37-60H,19-28H2,1-18H3,(H,61,63)(H,62,64)/t29-,30-,31-,32-,33-,34-,37-,38-,39-,40-,41-,42-,43+,44+,45+,46+,47+,48+,49-,50-,51-,52-,53-,54-,55+,56-,57-,58-,59-,60-/m1/s1. The van der Waals surface area contributed by atoms with Crippen molar-refractivity contribution < 1.29 is 147 Å². The quantitative estimate of drug-likeness (QED) is 0.111. The second-order valence-electron chi connectivity index (χ2n) is 23.3. The smallest absolute Gasteiger partial charge is 0.222 e. The lowest BCUT2D eigenvalue weighted by Crippen LogP contribution is -2.70. The van der Waals surface area contributed by atoms with E-state index in [0.29, 0.717) is 11.5 Å². The van der Waals surface area contributed by atoms with Gasteiger partial charge in [-0.2, -0.15) is 0 Å². The monoisotopic (exact) mass is 1410 g/mol. The minimum absolute atomic E-state index is 0.00407. The molecule has 18 aliphatic heterocycles. The van der Waals surface area contributed by atoms with Gasteiger partial charge in [0.05, 0.1) is 45.7 Å². The molecular weight excluding hydrogens is 1310 g/mol. The van der Waals surface area contributed by atoms with Crippen LogP contribution < -0.4 is 10.6 Å². The summed E-state index contributed by atoms with van der Waals surface area (Å²) in [4.78, 5) is 27.5. The molecule has 554 valence electrons. The van der Waals surface area contributed by atoms with Crippen molar-refractivity contribution in [2.24, 2.45) is 0 Å². The number of carbonyl (C=O) groups is 2. The molecule has 0 spiro atoms. The summed E-state index contributed by atoms with van der Waals surface area (Å²) in [7, 11) is 29.9. The van der Waals surface area contributed by atoms with Gasteiger partial charge in [0.25, 0.3) is 0 Å². The van der Waals surface area contributed by atoms with Crippen LogP contribution in [0.2, 0.25) is 0 Å². The van der Waals surface area contributed by atoms with Crippen LogP contribution in [0.4, 0.5) is 0 Å². The number of hydrogen-bond donors (Lipinski definition) is 2. The fraction of sp³-hybridized carbons (Fsp3) is 0.967. The molecule has 18 heterocycles. The number of fused-ring (bicyclic) bond motifs is 2. The molecule has 0 aromatic rings. The first kappa shape index (κ1) is 80.8. The van der Waals surface area contributed by atoms with Crippen molar-refractivity contribution in [1.29, 1.82) is 0 Å². The molecule has 0 saturated carbocycles. The van der Waals surface area contributed by atoms with Gasteiger partial charge in [0, 0.05) is 152 Å². The Hall–Kier alpha value is -1.52. The summed E-state index contributed by atoms with van der Waals surface area (Å²) >= 11 is 0. The van der Waals surface area contributed by atoms with Crippen molar-refractivity contribution in [3.63, 3.8) is 0 Å². The Morgan fingerprint density at radius 2 is 0.516 bits per heavy atom. The van der Waals surface area contributed by atoms with E-state index in [-0.39, 0.29) is 64.3 Å². The lowest BCUT2D eigenvalue weighted by atomic mass is 9.94. The maximum absolute atomic E-state index is 13.8. The lowest BCUT2D eigenvalue weighted by Gasteiger charge is -2.52. The fourth-order valence-electron chi connectivity index (χ4n) is 13.6. The Balaban J connectivity index is 1.24. The molecule has 18 saturated heterocycles. The van der Waals surface area contributed by atoms with E-state index >= 15 is 0 Å². The van der Waals surface area contributed by atoms with E-state index < -0.39 is 184 Å². The normalized spacial score (nSPS) is 43.1. The Kier molecular flexibility index (Phi) is 34.8. The van der Waals surface area contributed by atoms with Gasteiger partial charge in [-0.3, -0.25) is 9.59 Å². The zero-order valence-electron chi connectivity index (χ0n) is 57.9. The predicted molar refractivity (Wildman–Crippen MR) is 331 cm³/mol. The molecule has 0 aliphatic carbocycles. The number of rotatable bonds is 24. The molecule has 18 rings (SSSR count). The van der Waals surface area contributed by atoms with E-state index in [1.807, 2.05) is 0 Å². The van der Waals surface area contributed by atoms with Gasteiger partial charge in [-0.05, 0) is 0 Å². The molecule has 0 unspecified atom stereocenters. The summed E-state index contributed by atoms with van der Waals surface area (Å²) in [5.41, 5.74) is 0. The summed E-state index contributed by atoms with van der Waals surface area (Å²) in [6.45, 7) is -0.0980. The first-order valence-electron chi connectivity index (χ1n) is 31.5. The zero-order chi connectivity index (χ0) is 68.9. The largest absolute Gasteiger partial charge is 0.382 e. The first-order chi connectivity index (χ1) is 46.2. The van der Waals surface area contributed by atoms with Gasteiger partial charge in [-0.25, -0.2) is 0 Å². The van der Waals surface area contributed by atoms with Crippen LogP contribution in [0.15, 0.2) is 0 Å². The highest BCUT2D eigenvalue weighted by Gasteiger charge is 2.60. The van der Waals surface area contributed by atoms with Gasteiger partial charge in [0.2, 0.25) is 11.8 Å². The second-order valence-corrected chi connectivity index (χ2v) is 26.0. The van der Waals surface area contributed by atoms with Crippen LogP contribution in [0.5, 0.6) is 0 Å². The van der Waals surface area contributed by atoms with Crippen molar-refractivity contribution in [1.82, 2.24) is 10.6 Å². The first-order valence-corrected chi connectivity index (χ1v) is 34.0. The molecule has 2 amide bonds. The Bertz CT molecular complexity index is 2190. The van der Waals surface area contributed by atoms with Crippen LogP contribution in [-0.2, 0) is 147 Å². The number of amides is 2. The molecule has 0 radical (unpaired) electrons. The molecule has 33 nitrogen and oxygen atoms in total. The van der Waals surface area contributed by atoms with Crippen LogP contribution in [-0.4, -0.2) is 375 Å². The Labute approximate surface area is 565 Å². The number of hydrogen-bond acceptors (Lipinski definition) is 33. The minimum atomic E-state index is -1.22. The van der Waals surface area contributed by atoms with Crippen molar-refractivity contribution in [2.75, 3.05) is 179 Å². The van der Waals surface area contributed by atoms with Crippen LogP contribution in [0, 0.1) is 0 Å². The molecule has 95 heavy (non-hydrogen) atoms. The van der Waals surface area contributed by atoms with Crippen molar-refractivity contribution in [3.8, 4) is 0 Å². The molecule has 2 N–H and O–H groups in total. The summed E-state index contributed by atoms with van der Waals surface area (Å²) in [5, 5.41) is 6.08. The summed E-state index contributed by atoms with van der Waals surface area (Å²) in [6, 6.07) is -0.766. The van der Waals surface area contributed by atoms with Crippen LogP contribution in [0.1, 0.15) is 12.8 Å². The number of ether oxygens (including phenoxy) is 29. The maximum atomic E-state index is 13.8. The molecule has 0 aromatic carbocycles. The third kappa shape index (κ3) is 19.4. The highest BCUT2D eigenvalue weighted by molar-refractivity contribution is 8.76. The summed E-state index contributed by atoms with van der Waals surface area (Å²) < 4.78 is 184. The molecule has 18 fully saturated rings. The minimum Gasteiger partial charge on any atom is -0.382 e. The molecule has 35 heteroatoms. The molecule has 0 aromatic heterocycles. The second kappa shape index (κ2) is 40.9. The van der Waals surface area contributed by atoms with Gasteiger partial charge < -0.3 is 148 Å². The Morgan fingerprint density at radius 3 is 0.789 bits per heavy atom. The highest BCUT2D eigenvalue weighted by atomic mass is 33.1. The molecule has 30 atom stereocenters. The van der Waals surface area contributed by atoms with Crippen molar-refractivity contribution in [2.45, 2.75) is 197 Å². The summed E-state index contributed by atoms with van der Waals surface area (Å²) in [5.74, 6) is 0.185. The zero-order valence-corrected chi connectivity index (χ0v) is 59.5. The van der Waals surface area contributed by atoms with E-state index in [0.717, 1.165) is 0 Å².